The number of benzene rings is 1. The van der Waals surface area contributed by atoms with Gasteiger partial charge in [-0.15, -0.1) is 0 Å². The first-order valence-electron chi connectivity index (χ1n) is 5.75. The number of nitrogens with one attached hydrogen (secondary N) is 1. The van der Waals surface area contributed by atoms with Crippen molar-refractivity contribution in [3.05, 3.63) is 29.8 Å². The normalized spacial score (nSPS) is 10.2. The second-order valence-electron chi connectivity index (χ2n) is 4.11. The molecule has 2 N–H and O–H groups in total. The van der Waals surface area contributed by atoms with Crippen LogP contribution < -0.4 is 5.32 Å². The summed E-state index contributed by atoms with van der Waals surface area (Å²) in [6.07, 6.45) is -0.137. The highest BCUT2D eigenvalue weighted by atomic mass is 16.5. The Morgan fingerprint density at radius 2 is 2.11 bits per heavy atom. The van der Waals surface area contributed by atoms with E-state index >= 15 is 0 Å². The molecule has 1 aromatic carbocycles. The summed E-state index contributed by atoms with van der Waals surface area (Å²) in [6, 6.07) is 6.80. The fraction of sp³-hybridized carbons (Fsp3) is 0.385. The van der Waals surface area contributed by atoms with Crippen LogP contribution in [0.2, 0.25) is 0 Å². The molecule has 0 aliphatic heterocycles. The third-order valence-corrected chi connectivity index (χ3v) is 2.11. The van der Waals surface area contributed by atoms with Gasteiger partial charge in [0.1, 0.15) is 0 Å². The maximum Gasteiger partial charge on any atom is 0.338 e. The van der Waals surface area contributed by atoms with Crippen LogP contribution in [-0.2, 0) is 9.53 Å². The zero-order chi connectivity index (χ0) is 13.5. The van der Waals surface area contributed by atoms with Crippen molar-refractivity contribution in [1.82, 2.24) is 0 Å². The molecular formula is C13H17NO4. The molecular weight excluding hydrogens is 234 g/mol. The van der Waals surface area contributed by atoms with Gasteiger partial charge in [0.25, 0.3) is 0 Å². The van der Waals surface area contributed by atoms with Crippen molar-refractivity contribution >= 4 is 17.6 Å². The van der Waals surface area contributed by atoms with E-state index in [4.69, 9.17) is 9.84 Å². The van der Waals surface area contributed by atoms with Gasteiger partial charge in [-0.05, 0) is 32.0 Å². The minimum absolute atomic E-state index is 0.0284. The molecule has 0 saturated carbocycles. The van der Waals surface area contributed by atoms with Crippen LogP contribution in [0.4, 0.5) is 5.69 Å². The number of hydrogen-bond donors (Lipinski definition) is 2. The van der Waals surface area contributed by atoms with Crippen molar-refractivity contribution in [3.8, 4) is 0 Å². The molecule has 1 rings (SSSR count). The molecule has 0 atom stereocenters. The lowest BCUT2D eigenvalue weighted by Crippen LogP contribution is -2.12. The first kappa shape index (κ1) is 14.0. The van der Waals surface area contributed by atoms with E-state index in [1.807, 2.05) is 0 Å². The first-order chi connectivity index (χ1) is 8.49. The van der Waals surface area contributed by atoms with Gasteiger partial charge in [0.15, 0.2) is 0 Å². The van der Waals surface area contributed by atoms with Crippen LogP contribution in [0.25, 0.3) is 0 Å². The van der Waals surface area contributed by atoms with Crippen LogP contribution >= 0.6 is 0 Å². The third kappa shape index (κ3) is 4.86. The maximum absolute atomic E-state index is 11.6. The summed E-state index contributed by atoms with van der Waals surface area (Å²) in [5.74, 6) is -1.25. The van der Waals surface area contributed by atoms with E-state index in [1.165, 1.54) is 0 Å². The minimum Gasteiger partial charge on any atom is -0.481 e. The van der Waals surface area contributed by atoms with Gasteiger partial charge in [0, 0.05) is 12.2 Å². The van der Waals surface area contributed by atoms with Crippen molar-refractivity contribution < 1.29 is 19.4 Å². The van der Waals surface area contributed by atoms with Gasteiger partial charge in [0.2, 0.25) is 0 Å². The Morgan fingerprint density at radius 1 is 1.39 bits per heavy atom. The summed E-state index contributed by atoms with van der Waals surface area (Å²) in [7, 11) is 0. The number of aliphatic carboxylic acids is 1. The van der Waals surface area contributed by atoms with E-state index in [2.05, 4.69) is 5.32 Å². The number of carbonyl (C=O) groups excluding carboxylic acids is 1. The van der Waals surface area contributed by atoms with Crippen LogP contribution in [0.5, 0.6) is 0 Å². The van der Waals surface area contributed by atoms with Gasteiger partial charge in [-0.3, -0.25) is 4.79 Å². The Labute approximate surface area is 106 Å². The van der Waals surface area contributed by atoms with Gasteiger partial charge < -0.3 is 15.2 Å². The van der Waals surface area contributed by atoms with E-state index in [9.17, 15) is 9.59 Å². The molecule has 0 fully saturated rings. The van der Waals surface area contributed by atoms with Crippen molar-refractivity contribution in [1.29, 1.82) is 0 Å². The highest BCUT2D eigenvalue weighted by Crippen LogP contribution is 2.12. The average molecular weight is 251 g/mol. The molecule has 0 aromatic heterocycles. The standard InChI is InChI=1S/C13H17NO4/c1-9(2)18-13(17)10-4-3-5-11(8-10)14-7-6-12(15)16/h3-5,8-9,14H,6-7H2,1-2H3,(H,15,16). The second-order valence-corrected chi connectivity index (χ2v) is 4.11. The topological polar surface area (TPSA) is 75.6 Å². The van der Waals surface area contributed by atoms with Crippen molar-refractivity contribution in [2.45, 2.75) is 26.4 Å². The van der Waals surface area contributed by atoms with Gasteiger partial charge in [-0.2, -0.15) is 0 Å². The van der Waals surface area contributed by atoms with Crippen LogP contribution in [-0.4, -0.2) is 29.7 Å². The van der Waals surface area contributed by atoms with Crippen molar-refractivity contribution in [2.24, 2.45) is 0 Å². The minimum atomic E-state index is -0.863. The fourth-order valence-electron chi connectivity index (χ4n) is 1.35. The van der Waals surface area contributed by atoms with Crippen LogP contribution in [0, 0.1) is 0 Å². The molecule has 0 aliphatic rings. The zero-order valence-electron chi connectivity index (χ0n) is 10.5. The number of ether oxygens (including phenoxy) is 1. The van der Waals surface area contributed by atoms with Gasteiger partial charge in [-0.25, -0.2) is 4.79 Å². The first-order valence-corrected chi connectivity index (χ1v) is 5.75. The van der Waals surface area contributed by atoms with Crippen LogP contribution in [0.3, 0.4) is 0 Å². The Morgan fingerprint density at radius 3 is 2.72 bits per heavy atom. The number of hydrogen-bond acceptors (Lipinski definition) is 4. The lowest BCUT2D eigenvalue weighted by molar-refractivity contribution is -0.136. The van der Waals surface area contributed by atoms with E-state index in [1.54, 1.807) is 38.1 Å². The second kappa shape index (κ2) is 6.64. The van der Waals surface area contributed by atoms with E-state index in [0.29, 0.717) is 17.8 Å². The van der Waals surface area contributed by atoms with Gasteiger partial charge in [0.05, 0.1) is 18.1 Å². The summed E-state index contributed by atoms with van der Waals surface area (Å²) in [5, 5.41) is 11.5. The van der Waals surface area contributed by atoms with Gasteiger partial charge >= 0.3 is 11.9 Å². The molecule has 0 heterocycles. The summed E-state index contributed by atoms with van der Waals surface area (Å²) < 4.78 is 5.07. The molecule has 0 aliphatic carbocycles. The van der Waals surface area contributed by atoms with E-state index in [-0.39, 0.29) is 18.5 Å². The summed E-state index contributed by atoms with van der Waals surface area (Å²) in [6.45, 7) is 3.89. The van der Waals surface area contributed by atoms with Crippen molar-refractivity contribution in [3.63, 3.8) is 0 Å². The molecule has 98 valence electrons. The molecule has 0 spiro atoms. The summed E-state index contributed by atoms with van der Waals surface area (Å²) >= 11 is 0. The Bertz CT molecular complexity index is 429. The third-order valence-electron chi connectivity index (χ3n) is 2.11. The molecule has 0 saturated heterocycles. The molecule has 0 amide bonds. The SMILES string of the molecule is CC(C)OC(=O)c1cccc(NCCC(=O)O)c1. The molecule has 0 radical (unpaired) electrons. The number of rotatable bonds is 6. The average Bonchev–Trinajstić information content (AvgIpc) is 2.28. The molecule has 0 unspecified atom stereocenters. The predicted molar refractivity (Wildman–Crippen MR) is 67.7 cm³/mol. The Kier molecular flexibility index (Phi) is 5.17. The number of carboxylic acids is 1. The summed E-state index contributed by atoms with van der Waals surface area (Å²) in [4.78, 5) is 22.0. The Hall–Kier alpha value is -2.04. The Balaban J connectivity index is 2.61. The van der Waals surface area contributed by atoms with E-state index < -0.39 is 5.97 Å². The largest absolute Gasteiger partial charge is 0.481 e. The number of anilines is 1. The molecule has 5 nitrogen and oxygen atoms in total. The van der Waals surface area contributed by atoms with E-state index in [0.717, 1.165) is 0 Å². The highest BCUT2D eigenvalue weighted by Gasteiger charge is 2.09. The summed E-state index contributed by atoms with van der Waals surface area (Å²) in [5.41, 5.74) is 1.15. The quantitative estimate of drug-likeness (QED) is 0.757. The highest BCUT2D eigenvalue weighted by molar-refractivity contribution is 5.90. The van der Waals surface area contributed by atoms with Crippen molar-refractivity contribution in [2.75, 3.05) is 11.9 Å². The maximum atomic E-state index is 11.6. The van der Waals surface area contributed by atoms with Gasteiger partial charge in [-0.1, -0.05) is 6.07 Å². The fourth-order valence-corrected chi connectivity index (χ4v) is 1.35. The molecule has 0 bridgehead atoms. The van der Waals surface area contributed by atoms with Crippen LogP contribution in [0.15, 0.2) is 24.3 Å². The lowest BCUT2D eigenvalue weighted by Gasteiger charge is -2.09. The smallest absolute Gasteiger partial charge is 0.338 e. The van der Waals surface area contributed by atoms with Crippen LogP contribution in [0.1, 0.15) is 30.6 Å². The molecule has 1 aromatic rings. The number of carbonyl (C=O) groups is 2. The predicted octanol–water partition coefficient (Wildman–Crippen LogP) is 2.14. The number of esters is 1. The monoisotopic (exact) mass is 251 g/mol. The molecule has 5 heteroatoms. The molecule has 18 heavy (non-hydrogen) atoms. The zero-order valence-corrected chi connectivity index (χ0v) is 10.5. The lowest BCUT2D eigenvalue weighted by atomic mass is 10.2. The number of carboxylic acid groups (broad SMARTS) is 1.